The molecule has 5 rings (SSSR count). The molecule has 0 saturated carbocycles. The number of nitrogens with one attached hydrogen (secondary N) is 1. The fourth-order valence-electron chi connectivity index (χ4n) is 5.32. The predicted molar refractivity (Wildman–Crippen MR) is 155 cm³/mol. The molecule has 3 heterocycles. The summed E-state index contributed by atoms with van der Waals surface area (Å²) in [6, 6.07) is 14.7. The Morgan fingerprint density at radius 1 is 0.923 bits per heavy atom. The molecule has 0 radical (unpaired) electrons. The summed E-state index contributed by atoms with van der Waals surface area (Å²) in [6.45, 7) is 6.77. The number of amides is 1. The SMILES string of the molecule is O=C(NCc1ccc(Cl)cc1F)c1cnc(N2CCN(C3CCN(Cc4ccc(Cl)cc4)CC3)CC2)c(Cl)c1. The van der Waals surface area contributed by atoms with E-state index < -0.39 is 5.82 Å². The molecule has 2 aliphatic heterocycles. The number of hydrogen-bond acceptors (Lipinski definition) is 5. The van der Waals surface area contributed by atoms with E-state index in [0.717, 1.165) is 63.7 Å². The van der Waals surface area contributed by atoms with Crippen molar-refractivity contribution in [3.63, 3.8) is 0 Å². The number of anilines is 1. The molecule has 0 unspecified atom stereocenters. The Morgan fingerprint density at radius 2 is 1.62 bits per heavy atom. The molecule has 3 aromatic rings. The predicted octanol–water partition coefficient (Wildman–Crippen LogP) is 5.90. The smallest absolute Gasteiger partial charge is 0.253 e. The Bertz CT molecular complexity index is 1290. The largest absolute Gasteiger partial charge is 0.353 e. The standard InChI is InChI=1S/C29H31Cl3FN5O/c30-23-4-1-20(2-5-23)19-36-9-7-25(8-10-36)37-11-13-38(14-12-37)28-26(32)15-22(18-34-28)29(39)35-17-21-3-6-24(31)16-27(21)33/h1-6,15-16,18,25H,7-14,17,19H2,(H,35,39). The molecule has 0 atom stereocenters. The van der Waals surface area contributed by atoms with E-state index in [1.165, 1.54) is 17.8 Å². The summed E-state index contributed by atoms with van der Waals surface area (Å²) in [5.41, 5.74) is 1.99. The van der Waals surface area contributed by atoms with E-state index in [9.17, 15) is 9.18 Å². The first-order valence-electron chi connectivity index (χ1n) is 13.2. The second kappa shape index (κ2) is 12.8. The van der Waals surface area contributed by atoms with E-state index in [2.05, 4.69) is 37.1 Å². The van der Waals surface area contributed by atoms with Gasteiger partial charge < -0.3 is 10.2 Å². The molecular formula is C29H31Cl3FN5O. The van der Waals surface area contributed by atoms with Crippen LogP contribution in [0, 0.1) is 5.82 Å². The van der Waals surface area contributed by atoms with Crippen LogP contribution in [0.1, 0.15) is 34.3 Å². The monoisotopic (exact) mass is 589 g/mol. The second-order valence-electron chi connectivity index (χ2n) is 10.1. The second-order valence-corrected chi connectivity index (χ2v) is 11.4. The minimum absolute atomic E-state index is 0.0449. The van der Waals surface area contributed by atoms with Gasteiger partial charge in [0, 0.05) is 67.1 Å². The zero-order valence-electron chi connectivity index (χ0n) is 21.6. The Balaban J connectivity index is 1.09. The maximum atomic E-state index is 14.0. The van der Waals surface area contributed by atoms with Gasteiger partial charge in [0.1, 0.15) is 11.6 Å². The summed E-state index contributed by atoms with van der Waals surface area (Å²) in [7, 11) is 0. The van der Waals surface area contributed by atoms with Crippen molar-refractivity contribution in [2.24, 2.45) is 0 Å². The number of piperidine rings is 1. The van der Waals surface area contributed by atoms with Gasteiger partial charge in [-0.3, -0.25) is 14.6 Å². The minimum atomic E-state index is -0.461. The maximum absolute atomic E-state index is 14.0. The molecule has 2 aromatic carbocycles. The highest BCUT2D eigenvalue weighted by Gasteiger charge is 2.28. The number of nitrogens with zero attached hydrogens (tertiary/aromatic N) is 4. The molecule has 1 N–H and O–H groups in total. The van der Waals surface area contributed by atoms with Crippen LogP contribution in [0.5, 0.6) is 0 Å². The highest BCUT2D eigenvalue weighted by molar-refractivity contribution is 6.33. The van der Waals surface area contributed by atoms with Crippen LogP contribution < -0.4 is 10.2 Å². The Hall–Kier alpha value is -2.42. The van der Waals surface area contributed by atoms with Crippen molar-refractivity contribution in [2.45, 2.75) is 32.0 Å². The zero-order valence-corrected chi connectivity index (χ0v) is 23.8. The fraction of sp³-hybridized carbons (Fsp3) is 0.379. The number of hydrogen-bond donors (Lipinski definition) is 1. The van der Waals surface area contributed by atoms with Gasteiger partial charge in [-0.2, -0.15) is 0 Å². The van der Waals surface area contributed by atoms with E-state index >= 15 is 0 Å². The average Bonchev–Trinajstić information content (AvgIpc) is 2.94. The van der Waals surface area contributed by atoms with Crippen molar-refractivity contribution in [3.05, 3.63) is 92.3 Å². The number of carbonyl (C=O) groups is 1. The molecule has 2 saturated heterocycles. The van der Waals surface area contributed by atoms with E-state index in [1.807, 2.05) is 12.1 Å². The first-order valence-corrected chi connectivity index (χ1v) is 14.3. The van der Waals surface area contributed by atoms with Crippen LogP contribution in [0.15, 0.2) is 54.7 Å². The molecule has 0 spiro atoms. The van der Waals surface area contributed by atoms with Crippen molar-refractivity contribution in [2.75, 3.05) is 44.2 Å². The maximum Gasteiger partial charge on any atom is 0.253 e. The van der Waals surface area contributed by atoms with Gasteiger partial charge in [-0.25, -0.2) is 9.37 Å². The normalized spacial score (nSPS) is 17.4. The van der Waals surface area contributed by atoms with Crippen LogP contribution in [0.2, 0.25) is 15.1 Å². The molecule has 2 fully saturated rings. The van der Waals surface area contributed by atoms with Crippen LogP contribution in [-0.2, 0) is 13.1 Å². The molecule has 2 aliphatic rings. The van der Waals surface area contributed by atoms with Crippen molar-refractivity contribution < 1.29 is 9.18 Å². The summed E-state index contributed by atoms with van der Waals surface area (Å²) in [5.74, 6) is -0.135. The topological polar surface area (TPSA) is 51.7 Å². The molecule has 206 valence electrons. The van der Waals surface area contributed by atoms with Crippen molar-refractivity contribution in [1.82, 2.24) is 20.1 Å². The minimum Gasteiger partial charge on any atom is -0.353 e. The van der Waals surface area contributed by atoms with Crippen LogP contribution in [0.4, 0.5) is 10.2 Å². The number of piperazine rings is 1. The van der Waals surface area contributed by atoms with Gasteiger partial charge in [0.05, 0.1) is 10.6 Å². The number of carbonyl (C=O) groups excluding carboxylic acids is 1. The third kappa shape index (κ3) is 7.21. The first kappa shape index (κ1) is 28.1. The molecule has 1 aromatic heterocycles. The molecule has 0 aliphatic carbocycles. The molecule has 1 amide bonds. The van der Waals surface area contributed by atoms with E-state index in [0.29, 0.717) is 33.0 Å². The quantitative estimate of drug-likeness (QED) is 0.372. The van der Waals surface area contributed by atoms with Gasteiger partial charge >= 0.3 is 0 Å². The van der Waals surface area contributed by atoms with Gasteiger partial charge in [0.2, 0.25) is 0 Å². The van der Waals surface area contributed by atoms with Crippen molar-refractivity contribution >= 4 is 46.5 Å². The average molecular weight is 591 g/mol. The summed E-state index contributed by atoms with van der Waals surface area (Å²) < 4.78 is 14.0. The number of aromatic nitrogens is 1. The van der Waals surface area contributed by atoms with Gasteiger partial charge in [-0.1, -0.05) is 53.0 Å². The molecule has 10 heteroatoms. The third-order valence-electron chi connectivity index (χ3n) is 7.55. The lowest BCUT2D eigenvalue weighted by Gasteiger charge is -2.43. The van der Waals surface area contributed by atoms with Gasteiger partial charge in [0.15, 0.2) is 0 Å². The number of benzene rings is 2. The van der Waals surface area contributed by atoms with E-state index in [1.54, 1.807) is 18.2 Å². The Morgan fingerprint density at radius 3 is 2.28 bits per heavy atom. The van der Waals surface area contributed by atoms with Crippen molar-refractivity contribution in [3.8, 4) is 0 Å². The van der Waals surface area contributed by atoms with E-state index in [-0.39, 0.29) is 12.5 Å². The zero-order chi connectivity index (χ0) is 27.4. The van der Waals surface area contributed by atoms with Crippen LogP contribution in [0.3, 0.4) is 0 Å². The van der Waals surface area contributed by atoms with Crippen LogP contribution >= 0.6 is 34.8 Å². The molecule has 6 nitrogen and oxygen atoms in total. The fourth-order valence-corrected chi connectivity index (χ4v) is 5.89. The summed E-state index contributed by atoms with van der Waals surface area (Å²) in [6.07, 6.45) is 3.85. The van der Waals surface area contributed by atoms with Crippen molar-refractivity contribution in [1.29, 1.82) is 0 Å². The van der Waals surface area contributed by atoms with Gasteiger partial charge in [-0.05, 0) is 61.8 Å². The summed E-state index contributed by atoms with van der Waals surface area (Å²) in [5, 5.41) is 4.23. The lowest BCUT2D eigenvalue weighted by Crippen LogP contribution is -2.53. The molecule has 39 heavy (non-hydrogen) atoms. The Labute approximate surface area is 243 Å². The molecular weight excluding hydrogens is 560 g/mol. The highest BCUT2D eigenvalue weighted by atomic mass is 35.5. The lowest BCUT2D eigenvalue weighted by molar-refractivity contribution is 0.0950. The summed E-state index contributed by atoms with van der Waals surface area (Å²) >= 11 is 18.4. The lowest BCUT2D eigenvalue weighted by atomic mass is 10.0. The summed E-state index contributed by atoms with van der Waals surface area (Å²) in [4.78, 5) is 24.4. The Kier molecular flexibility index (Phi) is 9.25. The highest BCUT2D eigenvalue weighted by Crippen LogP contribution is 2.27. The first-order chi connectivity index (χ1) is 18.9. The number of pyridine rings is 1. The van der Waals surface area contributed by atoms with E-state index in [4.69, 9.17) is 34.8 Å². The third-order valence-corrected chi connectivity index (χ3v) is 8.31. The van der Waals surface area contributed by atoms with Gasteiger partial charge in [-0.15, -0.1) is 0 Å². The van der Waals surface area contributed by atoms with Crippen LogP contribution in [-0.4, -0.2) is 66.0 Å². The number of likely N-dealkylation sites (tertiary alicyclic amines) is 1. The van der Waals surface area contributed by atoms with Gasteiger partial charge in [0.25, 0.3) is 5.91 Å². The van der Waals surface area contributed by atoms with Crippen LogP contribution in [0.25, 0.3) is 0 Å². The molecule has 0 bridgehead atoms. The number of rotatable bonds is 7. The number of halogens is 4.